The number of benzene rings is 1. The van der Waals surface area contributed by atoms with Gasteiger partial charge < -0.3 is 0 Å². The van der Waals surface area contributed by atoms with Crippen LogP contribution in [0.4, 0.5) is 0 Å². The number of hydrogen-bond acceptors (Lipinski definition) is 2. The van der Waals surface area contributed by atoms with Crippen molar-refractivity contribution in [1.82, 2.24) is 4.98 Å². The van der Waals surface area contributed by atoms with Gasteiger partial charge in [0.05, 0.1) is 10.2 Å². The summed E-state index contributed by atoms with van der Waals surface area (Å²) >= 11 is 1.80. The summed E-state index contributed by atoms with van der Waals surface area (Å²) in [6.45, 7) is 2.16. The van der Waals surface area contributed by atoms with Gasteiger partial charge in [0, 0.05) is 0 Å². The second-order valence-corrected chi connectivity index (χ2v) is 4.60. The number of hydrogen-bond donors (Lipinski definition) is 0. The maximum absolute atomic E-state index is 4.46. The highest BCUT2D eigenvalue weighted by molar-refractivity contribution is 7.56. The molecule has 0 aliphatic rings. The first-order valence-electron chi connectivity index (χ1n) is 3.43. The topological polar surface area (TPSA) is 12.9 Å². The van der Waals surface area contributed by atoms with Crippen LogP contribution in [0, 0.1) is 0 Å². The molecule has 1 nitrogen and oxygen atoms in total. The van der Waals surface area contributed by atoms with Crippen molar-refractivity contribution in [3.63, 3.8) is 0 Å². The number of rotatable bonds is 1. The Morgan fingerprint density at radius 2 is 2.18 bits per heavy atom. The summed E-state index contributed by atoms with van der Waals surface area (Å²) < 4.78 is 2.56. The molecule has 0 N–H and O–H groups in total. The molecule has 0 bridgehead atoms. The minimum Gasteiger partial charge on any atom is -0.237 e. The maximum atomic E-state index is 4.46. The summed E-state index contributed by atoms with van der Waals surface area (Å²) in [6.07, 6.45) is 0. The number of thiazole rings is 1. The molecule has 0 saturated heterocycles. The van der Waals surface area contributed by atoms with Gasteiger partial charge in [-0.2, -0.15) is 0 Å². The van der Waals surface area contributed by atoms with E-state index < -0.39 is 0 Å². The van der Waals surface area contributed by atoms with Gasteiger partial charge in [0.2, 0.25) is 0 Å². The fraction of sp³-hybridized carbons (Fsp3) is 0.125. The lowest BCUT2D eigenvalue weighted by Gasteiger charge is -1.80. The quantitative estimate of drug-likeness (QED) is 0.615. The van der Waals surface area contributed by atoms with E-state index in [0.29, 0.717) is 0 Å². The van der Waals surface area contributed by atoms with Gasteiger partial charge in [0.25, 0.3) is 0 Å². The molecule has 1 aromatic heterocycles. The third-order valence-corrected chi connectivity index (χ3v) is 3.82. The van der Waals surface area contributed by atoms with Gasteiger partial charge >= 0.3 is 0 Å². The molecular weight excluding hydrogens is 173 g/mol. The van der Waals surface area contributed by atoms with E-state index in [4.69, 9.17) is 0 Å². The first-order chi connectivity index (χ1) is 5.40. The summed E-state index contributed by atoms with van der Waals surface area (Å²) in [7, 11) is 0.821. The molecule has 0 saturated carbocycles. The molecule has 1 atom stereocenters. The number of nitrogens with zero attached hydrogens (tertiary/aromatic N) is 1. The molecular formula is C8H8NPS. The zero-order valence-electron chi connectivity index (χ0n) is 6.16. The Hall–Kier alpha value is -0.460. The smallest absolute Gasteiger partial charge is 0.113 e. The summed E-state index contributed by atoms with van der Waals surface area (Å²) in [5.41, 5.74) is 1.14. The Bertz CT molecular complexity index is 336. The van der Waals surface area contributed by atoms with Crippen LogP contribution in [0.3, 0.4) is 0 Å². The standard InChI is InChI=1S/C8H8NPS/c1-10-8-9-6-4-2-3-5-7(6)11-8/h2-5,10H,1H3. The summed E-state index contributed by atoms with van der Waals surface area (Å²) in [4.78, 5) is 4.46. The molecule has 0 radical (unpaired) electrons. The Kier molecular flexibility index (Phi) is 1.89. The van der Waals surface area contributed by atoms with Gasteiger partial charge in [-0.25, -0.2) is 4.98 Å². The average molecular weight is 181 g/mol. The van der Waals surface area contributed by atoms with Gasteiger partial charge in [-0.15, -0.1) is 11.3 Å². The molecule has 2 aromatic rings. The van der Waals surface area contributed by atoms with E-state index in [1.54, 1.807) is 11.3 Å². The predicted molar refractivity (Wildman–Crippen MR) is 53.5 cm³/mol. The van der Waals surface area contributed by atoms with Crippen molar-refractivity contribution in [2.75, 3.05) is 6.66 Å². The molecule has 0 amide bonds. The van der Waals surface area contributed by atoms with Gasteiger partial charge in [0.15, 0.2) is 0 Å². The van der Waals surface area contributed by atoms with Crippen LogP contribution >= 0.6 is 19.9 Å². The molecule has 0 aliphatic heterocycles. The van der Waals surface area contributed by atoms with Crippen LogP contribution in [-0.2, 0) is 0 Å². The van der Waals surface area contributed by atoms with Crippen LogP contribution in [0.2, 0.25) is 0 Å². The monoisotopic (exact) mass is 181 g/mol. The van der Waals surface area contributed by atoms with Crippen LogP contribution < -0.4 is 4.75 Å². The van der Waals surface area contributed by atoms with Crippen LogP contribution in [0.5, 0.6) is 0 Å². The van der Waals surface area contributed by atoms with Crippen LogP contribution in [0.1, 0.15) is 0 Å². The third-order valence-electron chi connectivity index (χ3n) is 1.51. The van der Waals surface area contributed by atoms with Crippen molar-refractivity contribution < 1.29 is 0 Å². The first kappa shape index (κ1) is 7.20. The molecule has 0 fully saturated rings. The molecule has 1 heterocycles. The van der Waals surface area contributed by atoms with E-state index >= 15 is 0 Å². The Labute approximate surface area is 71.3 Å². The minimum absolute atomic E-state index is 0.821. The predicted octanol–water partition coefficient (Wildman–Crippen LogP) is 2.23. The molecule has 2 rings (SSSR count). The minimum atomic E-state index is 0.821. The number of para-hydroxylation sites is 1. The van der Waals surface area contributed by atoms with Crippen molar-refractivity contribution in [3.8, 4) is 0 Å². The molecule has 1 aromatic carbocycles. The molecule has 3 heteroatoms. The fourth-order valence-corrected chi connectivity index (χ4v) is 2.67. The van der Waals surface area contributed by atoms with E-state index in [1.165, 1.54) is 9.45 Å². The number of fused-ring (bicyclic) bond motifs is 1. The second-order valence-electron chi connectivity index (χ2n) is 2.24. The Balaban J connectivity index is 2.69. The average Bonchev–Trinajstić information content (AvgIpc) is 2.46. The van der Waals surface area contributed by atoms with Gasteiger partial charge in [-0.1, -0.05) is 20.7 Å². The summed E-state index contributed by atoms with van der Waals surface area (Å²) in [5.74, 6) is 0. The van der Waals surface area contributed by atoms with Crippen molar-refractivity contribution in [2.45, 2.75) is 0 Å². The van der Waals surface area contributed by atoms with Gasteiger partial charge in [-0.3, -0.25) is 0 Å². The molecule has 1 unspecified atom stereocenters. The van der Waals surface area contributed by atoms with E-state index in [-0.39, 0.29) is 0 Å². The fourth-order valence-electron chi connectivity index (χ4n) is 0.979. The normalized spacial score (nSPS) is 11.7. The summed E-state index contributed by atoms with van der Waals surface area (Å²) in [6, 6.07) is 8.28. The van der Waals surface area contributed by atoms with E-state index in [2.05, 4.69) is 29.8 Å². The maximum Gasteiger partial charge on any atom is 0.113 e. The van der Waals surface area contributed by atoms with Crippen molar-refractivity contribution in [3.05, 3.63) is 24.3 Å². The zero-order chi connectivity index (χ0) is 7.68. The van der Waals surface area contributed by atoms with Crippen molar-refractivity contribution >= 4 is 34.9 Å². The highest BCUT2D eigenvalue weighted by atomic mass is 32.1. The van der Waals surface area contributed by atoms with Gasteiger partial charge in [-0.05, 0) is 18.8 Å². The highest BCUT2D eigenvalue weighted by Crippen LogP contribution is 2.19. The van der Waals surface area contributed by atoms with E-state index in [1.807, 2.05) is 6.07 Å². The molecule has 0 aliphatic carbocycles. The largest absolute Gasteiger partial charge is 0.237 e. The molecule has 56 valence electrons. The Morgan fingerprint density at radius 3 is 2.91 bits per heavy atom. The molecule has 11 heavy (non-hydrogen) atoms. The third kappa shape index (κ3) is 1.29. The second kappa shape index (κ2) is 2.88. The Morgan fingerprint density at radius 1 is 1.36 bits per heavy atom. The number of aromatic nitrogens is 1. The lowest BCUT2D eigenvalue weighted by atomic mass is 10.3. The lowest BCUT2D eigenvalue weighted by molar-refractivity contribution is 1.56. The van der Waals surface area contributed by atoms with Crippen LogP contribution in [0.15, 0.2) is 24.3 Å². The SMILES string of the molecule is CPc1nc2ccccc2s1. The van der Waals surface area contributed by atoms with E-state index in [0.717, 1.165) is 14.1 Å². The molecule has 0 spiro atoms. The summed E-state index contributed by atoms with van der Waals surface area (Å²) in [5, 5.41) is 0. The highest BCUT2D eigenvalue weighted by Gasteiger charge is 1.98. The van der Waals surface area contributed by atoms with Crippen LogP contribution in [-0.4, -0.2) is 11.6 Å². The lowest BCUT2D eigenvalue weighted by Crippen LogP contribution is -1.86. The van der Waals surface area contributed by atoms with Gasteiger partial charge in [0.1, 0.15) is 4.75 Å². The first-order valence-corrected chi connectivity index (χ1v) is 5.75. The van der Waals surface area contributed by atoms with Crippen LogP contribution in [0.25, 0.3) is 10.2 Å². The van der Waals surface area contributed by atoms with Crippen molar-refractivity contribution in [1.29, 1.82) is 0 Å². The van der Waals surface area contributed by atoms with Crippen molar-refractivity contribution in [2.24, 2.45) is 0 Å². The van der Waals surface area contributed by atoms with E-state index in [9.17, 15) is 0 Å². The zero-order valence-corrected chi connectivity index (χ0v) is 7.98.